The predicted octanol–water partition coefficient (Wildman–Crippen LogP) is 5.60. The average Bonchev–Trinajstić information content (AvgIpc) is 2.58. The fourth-order valence-electron chi connectivity index (χ4n) is 3.31. The second-order valence-electron chi connectivity index (χ2n) is 7.05. The number of hydrogen-bond donors (Lipinski definition) is 0. The highest BCUT2D eigenvalue weighted by atomic mass is 19.1. The molecule has 2 nitrogen and oxygen atoms in total. The van der Waals surface area contributed by atoms with Gasteiger partial charge in [-0.05, 0) is 44.6 Å². The summed E-state index contributed by atoms with van der Waals surface area (Å²) >= 11 is 0. The van der Waals surface area contributed by atoms with Gasteiger partial charge in [-0.2, -0.15) is 0 Å². The largest absolute Gasteiger partial charge is 0.461 e. The van der Waals surface area contributed by atoms with Crippen molar-refractivity contribution in [1.82, 2.24) is 0 Å². The summed E-state index contributed by atoms with van der Waals surface area (Å²) in [4.78, 5) is 12.4. The molecule has 2 unspecified atom stereocenters. The highest BCUT2D eigenvalue weighted by molar-refractivity contribution is 5.72. The lowest BCUT2D eigenvalue weighted by molar-refractivity contribution is -0.150. The fraction of sp³-hybridized carbons (Fsp3) is 0.650. The van der Waals surface area contributed by atoms with Crippen molar-refractivity contribution in [2.24, 2.45) is 5.92 Å². The van der Waals surface area contributed by atoms with Crippen LogP contribution in [0.4, 0.5) is 4.39 Å². The Kier molecular flexibility index (Phi) is 7.07. The van der Waals surface area contributed by atoms with Gasteiger partial charge >= 0.3 is 5.97 Å². The number of ether oxygens (including phenoxy) is 1. The quantitative estimate of drug-likeness (QED) is 0.678. The van der Waals surface area contributed by atoms with Crippen LogP contribution in [0.25, 0.3) is 0 Å². The Bertz CT molecular complexity index is 470. The second kappa shape index (κ2) is 9.05. The van der Waals surface area contributed by atoms with E-state index in [2.05, 4.69) is 0 Å². The Morgan fingerprint density at radius 3 is 2.52 bits per heavy atom. The lowest BCUT2D eigenvalue weighted by Gasteiger charge is -2.21. The van der Waals surface area contributed by atoms with E-state index in [9.17, 15) is 9.18 Å². The van der Waals surface area contributed by atoms with E-state index in [-0.39, 0.29) is 11.9 Å². The van der Waals surface area contributed by atoms with Gasteiger partial charge in [-0.1, -0.05) is 56.0 Å². The van der Waals surface area contributed by atoms with Gasteiger partial charge in [0.15, 0.2) is 0 Å². The van der Waals surface area contributed by atoms with Crippen LogP contribution in [0.15, 0.2) is 30.3 Å². The molecule has 0 aromatic heterocycles. The summed E-state index contributed by atoms with van der Waals surface area (Å²) in [5, 5.41) is 0. The summed E-state index contributed by atoms with van der Waals surface area (Å²) < 4.78 is 19.8. The number of carbonyl (C=O) groups is 1. The van der Waals surface area contributed by atoms with E-state index in [0.717, 1.165) is 50.5 Å². The molecule has 0 radical (unpaired) electrons. The number of hydrogen-bond acceptors (Lipinski definition) is 2. The molecular weight excluding hydrogens is 291 g/mol. The third-order valence-electron chi connectivity index (χ3n) is 4.81. The standard InChI is InChI=1S/C20H29FO2/c1-20(21)14-8-3-2-7-12-18(13-9-15-20)19(22)23-16-17-10-5-4-6-11-17/h4-6,10-11,18H,2-3,7-9,12-16H2,1H3. The van der Waals surface area contributed by atoms with Gasteiger partial charge in [0.05, 0.1) is 5.92 Å². The van der Waals surface area contributed by atoms with E-state index >= 15 is 0 Å². The molecule has 0 saturated heterocycles. The van der Waals surface area contributed by atoms with Crippen molar-refractivity contribution >= 4 is 5.97 Å². The van der Waals surface area contributed by atoms with Gasteiger partial charge in [0.2, 0.25) is 0 Å². The van der Waals surface area contributed by atoms with E-state index in [1.165, 1.54) is 0 Å². The lowest BCUT2D eigenvalue weighted by Crippen LogP contribution is -2.20. The van der Waals surface area contributed by atoms with Gasteiger partial charge in [-0.25, -0.2) is 4.39 Å². The molecule has 128 valence electrons. The zero-order chi connectivity index (χ0) is 16.5. The zero-order valence-electron chi connectivity index (χ0n) is 14.2. The monoisotopic (exact) mass is 320 g/mol. The number of benzene rings is 1. The molecule has 3 heteroatoms. The van der Waals surface area contributed by atoms with Crippen LogP contribution in [0, 0.1) is 5.92 Å². The van der Waals surface area contributed by atoms with Gasteiger partial charge in [0.25, 0.3) is 0 Å². The SMILES string of the molecule is CC1(F)CCCCCCC(C(=O)OCc2ccccc2)CCC1. The average molecular weight is 320 g/mol. The summed E-state index contributed by atoms with van der Waals surface area (Å²) in [5.41, 5.74) is -0.0723. The first kappa shape index (κ1) is 18.0. The van der Waals surface area contributed by atoms with E-state index in [4.69, 9.17) is 4.74 Å². The third-order valence-corrected chi connectivity index (χ3v) is 4.81. The molecule has 0 N–H and O–H groups in total. The van der Waals surface area contributed by atoms with Crippen molar-refractivity contribution in [3.63, 3.8) is 0 Å². The summed E-state index contributed by atoms with van der Waals surface area (Å²) in [6.07, 6.45) is 7.71. The van der Waals surface area contributed by atoms with Gasteiger partial charge in [-0.3, -0.25) is 4.79 Å². The lowest BCUT2D eigenvalue weighted by atomic mass is 9.92. The molecule has 1 aliphatic carbocycles. The molecule has 1 fully saturated rings. The van der Waals surface area contributed by atoms with Crippen LogP contribution < -0.4 is 0 Å². The topological polar surface area (TPSA) is 26.3 Å². The number of rotatable bonds is 3. The molecule has 0 amide bonds. The number of alkyl halides is 1. The Hall–Kier alpha value is -1.38. The molecule has 0 bridgehead atoms. The Labute approximate surface area is 139 Å². The number of esters is 1. The van der Waals surface area contributed by atoms with Crippen LogP contribution in [0.5, 0.6) is 0 Å². The molecule has 2 atom stereocenters. The molecular formula is C20H29FO2. The maximum Gasteiger partial charge on any atom is 0.309 e. The Morgan fingerprint density at radius 1 is 1.09 bits per heavy atom. The van der Waals surface area contributed by atoms with E-state index < -0.39 is 5.67 Å². The van der Waals surface area contributed by atoms with E-state index in [0.29, 0.717) is 19.4 Å². The van der Waals surface area contributed by atoms with E-state index in [1.54, 1.807) is 6.92 Å². The Balaban J connectivity index is 1.86. The first-order chi connectivity index (χ1) is 11.1. The zero-order valence-corrected chi connectivity index (χ0v) is 14.2. The van der Waals surface area contributed by atoms with Crippen molar-refractivity contribution in [1.29, 1.82) is 0 Å². The highest BCUT2D eigenvalue weighted by Crippen LogP contribution is 2.29. The van der Waals surface area contributed by atoms with Crippen LogP contribution in [0.2, 0.25) is 0 Å². The maximum absolute atomic E-state index is 14.3. The van der Waals surface area contributed by atoms with Crippen LogP contribution in [0.3, 0.4) is 0 Å². The van der Waals surface area contributed by atoms with Crippen molar-refractivity contribution < 1.29 is 13.9 Å². The smallest absolute Gasteiger partial charge is 0.309 e. The van der Waals surface area contributed by atoms with Gasteiger partial charge in [0, 0.05) is 0 Å². The fourth-order valence-corrected chi connectivity index (χ4v) is 3.31. The van der Waals surface area contributed by atoms with Crippen LogP contribution in [-0.2, 0) is 16.1 Å². The summed E-state index contributed by atoms with van der Waals surface area (Å²) in [7, 11) is 0. The second-order valence-corrected chi connectivity index (χ2v) is 7.05. The minimum Gasteiger partial charge on any atom is -0.461 e. The number of carbonyl (C=O) groups excluding carboxylic acids is 1. The first-order valence-corrected chi connectivity index (χ1v) is 8.96. The van der Waals surface area contributed by atoms with Crippen LogP contribution in [-0.4, -0.2) is 11.6 Å². The molecule has 1 aromatic carbocycles. The van der Waals surface area contributed by atoms with Crippen molar-refractivity contribution in [3.05, 3.63) is 35.9 Å². The summed E-state index contributed by atoms with van der Waals surface area (Å²) in [5.74, 6) is -0.193. The molecule has 0 aliphatic heterocycles. The number of halogens is 1. The molecule has 1 aliphatic rings. The molecule has 2 rings (SSSR count). The Morgan fingerprint density at radius 2 is 1.74 bits per heavy atom. The van der Waals surface area contributed by atoms with Crippen LogP contribution >= 0.6 is 0 Å². The van der Waals surface area contributed by atoms with Crippen LogP contribution in [0.1, 0.15) is 70.3 Å². The minimum atomic E-state index is -1.08. The van der Waals surface area contributed by atoms with E-state index in [1.807, 2.05) is 30.3 Å². The first-order valence-electron chi connectivity index (χ1n) is 8.96. The minimum absolute atomic E-state index is 0.0763. The normalized spacial score (nSPS) is 27.0. The van der Waals surface area contributed by atoms with Crippen molar-refractivity contribution in [2.45, 2.75) is 77.0 Å². The highest BCUT2D eigenvalue weighted by Gasteiger charge is 2.26. The predicted molar refractivity (Wildman–Crippen MR) is 90.8 cm³/mol. The molecule has 0 heterocycles. The summed E-state index contributed by atoms with van der Waals surface area (Å²) in [6, 6.07) is 9.75. The summed E-state index contributed by atoms with van der Waals surface area (Å²) in [6.45, 7) is 2.03. The maximum atomic E-state index is 14.3. The molecule has 1 aromatic rings. The van der Waals surface area contributed by atoms with Gasteiger partial charge in [0.1, 0.15) is 12.3 Å². The molecule has 1 saturated carbocycles. The van der Waals surface area contributed by atoms with Gasteiger partial charge in [-0.15, -0.1) is 0 Å². The molecule has 23 heavy (non-hydrogen) atoms. The van der Waals surface area contributed by atoms with Gasteiger partial charge < -0.3 is 4.74 Å². The van der Waals surface area contributed by atoms with Crippen molar-refractivity contribution in [3.8, 4) is 0 Å². The molecule has 0 spiro atoms. The van der Waals surface area contributed by atoms with Crippen molar-refractivity contribution in [2.75, 3.05) is 0 Å². The third kappa shape index (κ3) is 6.72.